The quantitative estimate of drug-likeness (QED) is 0.588. The maximum atomic E-state index is 12.9. The van der Waals surface area contributed by atoms with Crippen LogP contribution in [0.4, 0.5) is 5.95 Å². The van der Waals surface area contributed by atoms with E-state index in [2.05, 4.69) is 31.3 Å². The Hall–Kier alpha value is -2.55. The van der Waals surface area contributed by atoms with Crippen LogP contribution in [0.25, 0.3) is 0 Å². The van der Waals surface area contributed by atoms with E-state index in [0.717, 1.165) is 16.5 Å². The van der Waals surface area contributed by atoms with Crippen LogP contribution in [0.3, 0.4) is 0 Å². The van der Waals surface area contributed by atoms with E-state index in [1.165, 1.54) is 6.33 Å². The molecule has 1 aliphatic rings. The first kappa shape index (κ1) is 21.2. The van der Waals surface area contributed by atoms with Gasteiger partial charge in [0, 0.05) is 5.70 Å². The summed E-state index contributed by atoms with van der Waals surface area (Å²) in [5.41, 5.74) is 1.97. The summed E-state index contributed by atoms with van der Waals surface area (Å²) in [5, 5.41) is 7.47. The zero-order chi connectivity index (χ0) is 21.0. The number of benzene rings is 1. The Morgan fingerprint density at radius 3 is 2.69 bits per heavy atom. The first-order valence-corrected chi connectivity index (χ1v) is 10.4. The van der Waals surface area contributed by atoms with E-state index in [-0.39, 0.29) is 5.97 Å². The van der Waals surface area contributed by atoms with Crippen molar-refractivity contribution in [1.29, 1.82) is 0 Å². The number of esters is 1. The minimum atomic E-state index is -0.510. The zero-order valence-corrected chi connectivity index (χ0v) is 18.6. The molecule has 0 radical (unpaired) electrons. The predicted octanol–water partition coefficient (Wildman–Crippen LogP) is 4.08. The average Bonchev–Trinajstić information content (AvgIpc) is 3.15. The second-order valence-electron chi connectivity index (χ2n) is 6.43. The van der Waals surface area contributed by atoms with Gasteiger partial charge in [0.1, 0.15) is 12.4 Å². The topological polar surface area (TPSA) is 87.5 Å². The summed E-state index contributed by atoms with van der Waals surface area (Å²) in [5.74, 6) is 1.40. The summed E-state index contributed by atoms with van der Waals surface area (Å²) >= 11 is 3.58. The van der Waals surface area contributed by atoms with Crippen molar-refractivity contribution in [1.82, 2.24) is 14.8 Å². The largest absolute Gasteiger partial charge is 0.490 e. The molecule has 9 heteroatoms. The monoisotopic (exact) mass is 464 g/mol. The summed E-state index contributed by atoms with van der Waals surface area (Å²) in [7, 11) is 0. The maximum absolute atomic E-state index is 12.9. The summed E-state index contributed by atoms with van der Waals surface area (Å²) < 4.78 is 19.4. The third-order valence-electron chi connectivity index (χ3n) is 4.39. The smallest absolute Gasteiger partial charge is 0.338 e. The van der Waals surface area contributed by atoms with Gasteiger partial charge in [-0.25, -0.2) is 9.48 Å². The Bertz CT molecular complexity index is 925. The van der Waals surface area contributed by atoms with Gasteiger partial charge >= 0.3 is 5.97 Å². The number of nitrogens with zero attached hydrogens (tertiary/aromatic N) is 3. The summed E-state index contributed by atoms with van der Waals surface area (Å²) in [6.45, 7) is 8.96. The van der Waals surface area contributed by atoms with E-state index in [4.69, 9.17) is 14.2 Å². The van der Waals surface area contributed by atoms with E-state index in [0.29, 0.717) is 48.5 Å². The lowest BCUT2D eigenvalue weighted by Crippen LogP contribution is -2.30. The van der Waals surface area contributed by atoms with Gasteiger partial charge in [-0.2, -0.15) is 10.1 Å². The van der Waals surface area contributed by atoms with Crippen molar-refractivity contribution < 1.29 is 19.0 Å². The minimum Gasteiger partial charge on any atom is -0.490 e. The molecular weight excluding hydrogens is 440 g/mol. The molecular formula is C20H25BrN4O4. The molecule has 0 spiro atoms. The number of allylic oxidation sites excluding steroid dienone is 1. The average molecular weight is 465 g/mol. The van der Waals surface area contributed by atoms with Crippen LogP contribution in [0.2, 0.25) is 0 Å². The summed E-state index contributed by atoms with van der Waals surface area (Å²) in [6.07, 6.45) is 2.20. The number of hydrogen-bond acceptors (Lipinski definition) is 7. The van der Waals surface area contributed by atoms with Gasteiger partial charge in [-0.15, -0.1) is 0 Å². The first-order chi connectivity index (χ1) is 14.0. The van der Waals surface area contributed by atoms with Crippen molar-refractivity contribution in [3.8, 4) is 11.5 Å². The van der Waals surface area contributed by atoms with Crippen LogP contribution in [0, 0.1) is 0 Å². The van der Waals surface area contributed by atoms with Gasteiger partial charge < -0.3 is 19.5 Å². The molecule has 1 N–H and O–H groups in total. The second-order valence-corrected chi connectivity index (χ2v) is 7.28. The highest BCUT2D eigenvalue weighted by atomic mass is 79.9. The number of fused-ring (bicyclic) bond motifs is 1. The number of carbonyl (C=O) groups is 1. The van der Waals surface area contributed by atoms with Crippen LogP contribution in [0.15, 0.2) is 34.2 Å². The molecule has 156 valence electrons. The van der Waals surface area contributed by atoms with Gasteiger partial charge in [0.25, 0.3) is 0 Å². The number of rotatable bonds is 8. The van der Waals surface area contributed by atoms with Crippen LogP contribution >= 0.6 is 15.9 Å². The second kappa shape index (κ2) is 9.30. The number of anilines is 1. The van der Waals surface area contributed by atoms with Gasteiger partial charge in [-0.05, 0) is 60.8 Å². The molecule has 1 unspecified atom stereocenters. The maximum Gasteiger partial charge on any atom is 0.338 e. The number of carbonyl (C=O) groups excluding carboxylic acids is 1. The Morgan fingerprint density at radius 2 is 2.00 bits per heavy atom. The van der Waals surface area contributed by atoms with Crippen molar-refractivity contribution >= 4 is 27.8 Å². The molecule has 0 saturated carbocycles. The van der Waals surface area contributed by atoms with Gasteiger partial charge in [0.15, 0.2) is 11.5 Å². The zero-order valence-electron chi connectivity index (χ0n) is 17.0. The van der Waals surface area contributed by atoms with Crippen LogP contribution in [-0.4, -0.2) is 40.6 Å². The third kappa shape index (κ3) is 4.24. The van der Waals surface area contributed by atoms with Crippen LogP contribution in [0.5, 0.6) is 11.5 Å². The van der Waals surface area contributed by atoms with E-state index in [1.54, 1.807) is 4.68 Å². The molecule has 29 heavy (non-hydrogen) atoms. The standard InChI is InChI=1S/C20H25BrN4O4/c1-5-8-29-19(26)16-12(4)24-20-22-11-23-25(20)17(16)13-9-14(21)18(28-7-3)15(10-13)27-6-2/h9-11,17H,5-8H2,1-4H3,(H,22,23,24). The molecule has 0 amide bonds. The highest BCUT2D eigenvalue weighted by Gasteiger charge is 2.35. The highest BCUT2D eigenvalue weighted by Crippen LogP contribution is 2.42. The van der Waals surface area contributed by atoms with E-state index in [1.807, 2.05) is 39.8 Å². The van der Waals surface area contributed by atoms with E-state index < -0.39 is 6.04 Å². The van der Waals surface area contributed by atoms with Crippen molar-refractivity contribution in [3.05, 3.63) is 39.8 Å². The minimum absolute atomic E-state index is 0.351. The SMILES string of the molecule is CCCOC(=O)C1=C(C)Nc2ncnn2C1c1cc(Br)c(OCC)c(OCC)c1. The van der Waals surface area contributed by atoms with E-state index in [9.17, 15) is 4.79 Å². The van der Waals surface area contributed by atoms with Crippen LogP contribution in [-0.2, 0) is 9.53 Å². The van der Waals surface area contributed by atoms with Gasteiger partial charge in [0.2, 0.25) is 5.95 Å². The molecule has 0 bridgehead atoms. The molecule has 1 aromatic carbocycles. The molecule has 3 rings (SSSR count). The Kier molecular flexibility index (Phi) is 6.79. The van der Waals surface area contributed by atoms with Crippen molar-refractivity contribution in [3.63, 3.8) is 0 Å². The fourth-order valence-corrected chi connectivity index (χ4v) is 3.80. The molecule has 0 saturated heterocycles. The molecule has 0 aliphatic carbocycles. The lowest BCUT2D eigenvalue weighted by atomic mass is 9.95. The molecule has 8 nitrogen and oxygen atoms in total. The van der Waals surface area contributed by atoms with E-state index >= 15 is 0 Å². The Morgan fingerprint density at radius 1 is 1.24 bits per heavy atom. The normalized spacial score (nSPS) is 15.6. The third-order valence-corrected chi connectivity index (χ3v) is 4.98. The summed E-state index contributed by atoms with van der Waals surface area (Å²) in [4.78, 5) is 17.2. The van der Waals surface area contributed by atoms with Crippen molar-refractivity contribution in [2.45, 2.75) is 40.2 Å². The lowest BCUT2D eigenvalue weighted by molar-refractivity contribution is -0.139. The van der Waals surface area contributed by atoms with Crippen LogP contribution < -0.4 is 14.8 Å². The first-order valence-electron chi connectivity index (χ1n) is 9.65. The van der Waals surface area contributed by atoms with Crippen molar-refractivity contribution in [2.24, 2.45) is 0 Å². The lowest BCUT2D eigenvalue weighted by Gasteiger charge is -2.29. The molecule has 0 fully saturated rings. The number of halogens is 1. The van der Waals surface area contributed by atoms with Gasteiger partial charge in [-0.1, -0.05) is 6.92 Å². The molecule has 1 aliphatic heterocycles. The number of aromatic nitrogens is 3. The van der Waals surface area contributed by atoms with Gasteiger partial charge in [-0.3, -0.25) is 0 Å². The fourth-order valence-electron chi connectivity index (χ4n) is 3.23. The summed E-state index contributed by atoms with van der Waals surface area (Å²) in [6, 6.07) is 3.28. The number of nitrogens with one attached hydrogen (secondary N) is 1. The Labute approximate surface area is 178 Å². The predicted molar refractivity (Wildman–Crippen MR) is 112 cm³/mol. The number of hydrogen-bond donors (Lipinski definition) is 1. The molecule has 2 heterocycles. The van der Waals surface area contributed by atoms with Crippen molar-refractivity contribution in [2.75, 3.05) is 25.1 Å². The Balaban J connectivity index is 2.14. The van der Waals surface area contributed by atoms with Gasteiger partial charge in [0.05, 0.1) is 29.9 Å². The molecule has 2 aromatic rings. The fraction of sp³-hybridized carbons (Fsp3) is 0.450. The highest BCUT2D eigenvalue weighted by molar-refractivity contribution is 9.10. The molecule has 1 atom stereocenters. The molecule has 1 aromatic heterocycles. The van der Waals surface area contributed by atoms with Crippen LogP contribution in [0.1, 0.15) is 45.7 Å². The number of ether oxygens (including phenoxy) is 3.